The molecule has 0 aliphatic carbocycles. The van der Waals surface area contributed by atoms with E-state index >= 15 is 0 Å². The van der Waals surface area contributed by atoms with Crippen LogP contribution in [0.5, 0.6) is 0 Å². The molecular weight excluding hydrogens is 232 g/mol. The average molecular weight is 243 g/mol. The molecule has 6 heteroatoms. The molecule has 0 aliphatic heterocycles. The molecule has 1 rings (SSSR count). The van der Waals surface area contributed by atoms with Gasteiger partial charge in [-0.1, -0.05) is 12.1 Å². The first-order valence-electron chi connectivity index (χ1n) is 4.83. The van der Waals surface area contributed by atoms with Gasteiger partial charge in [0.2, 0.25) is 0 Å². The summed E-state index contributed by atoms with van der Waals surface area (Å²) < 4.78 is 24.8. The molecule has 0 aromatic heterocycles. The number of carbonyl (C=O) groups excluding carboxylic acids is 1. The van der Waals surface area contributed by atoms with Crippen molar-refractivity contribution < 1.29 is 23.5 Å². The van der Waals surface area contributed by atoms with Gasteiger partial charge in [0.15, 0.2) is 0 Å². The summed E-state index contributed by atoms with van der Waals surface area (Å²) in [5.41, 5.74) is -0.267. The van der Waals surface area contributed by atoms with Gasteiger partial charge in [-0.2, -0.15) is 0 Å². The summed E-state index contributed by atoms with van der Waals surface area (Å²) in [7, 11) is 0. The minimum Gasteiger partial charge on any atom is -0.480 e. The zero-order valence-electron chi connectivity index (χ0n) is 8.98. The molecule has 0 heterocycles. The van der Waals surface area contributed by atoms with E-state index in [1.54, 1.807) is 0 Å². The molecule has 2 N–H and O–H groups in total. The fraction of sp³-hybridized carbons (Fsp3) is 0.273. The van der Waals surface area contributed by atoms with Crippen LogP contribution in [-0.2, 0) is 4.79 Å². The van der Waals surface area contributed by atoms with Gasteiger partial charge in [-0.15, -0.1) is 0 Å². The number of carboxylic acid groups (broad SMARTS) is 1. The van der Waals surface area contributed by atoms with Crippen molar-refractivity contribution in [3.63, 3.8) is 0 Å². The summed E-state index contributed by atoms with van der Waals surface area (Å²) in [5, 5.41) is 10.8. The highest BCUT2D eigenvalue weighted by atomic mass is 19.3. The Morgan fingerprint density at radius 3 is 2.53 bits per heavy atom. The van der Waals surface area contributed by atoms with Crippen LogP contribution < -0.4 is 5.32 Å². The molecule has 92 valence electrons. The van der Waals surface area contributed by atoms with Crippen LogP contribution in [0.1, 0.15) is 29.3 Å². The Bertz CT molecular complexity index is 434. The SMILES string of the molecule is C[C@H](NC(=O)c1cccc(C(F)F)c1)C(=O)O. The van der Waals surface area contributed by atoms with Gasteiger partial charge in [-0.25, -0.2) is 8.78 Å². The maximum atomic E-state index is 12.4. The van der Waals surface area contributed by atoms with E-state index in [1.165, 1.54) is 25.1 Å². The Labute approximate surface area is 96.3 Å². The van der Waals surface area contributed by atoms with Crippen molar-refractivity contribution in [1.29, 1.82) is 0 Å². The van der Waals surface area contributed by atoms with E-state index in [0.29, 0.717) is 0 Å². The molecule has 0 spiro atoms. The van der Waals surface area contributed by atoms with Crippen LogP contribution in [0.25, 0.3) is 0 Å². The fourth-order valence-corrected chi connectivity index (χ4v) is 1.16. The molecule has 1 atom stereocenters. The van der Waals surface area contributed by atoms with Crippen LogP contribution in [0.4, 0.5) is 8.78 Å². The first-order chi connectivity index (χ1) is 7.91. The normalized spacial score (nSPS) is 12.2. The topological polar surface area (TPSA) is 66.4 Å². The number of carbonyl (C=O) groups is 2. The molecule has 0 bridgehead atoms. The third-order valence-electron chi connectivity index (χ3n) is 2.12. The second-order valence-corrected chi connectivity index (χ2v) is 3.46. The molecule has 0 fully saturated rings. The molecule has 0 saturated carbocycles. The average Bonchev–Trinajstić information content (AvgIpc) is 2.28. The highest BCUT2D eigenvalue weighted by molar-refractivity contribution is 5.96. The summed E-state index contributed by atoms with van der Waals surface area (Å²) in [4.78, 5) is 22.0. The van der Waals surface area contributed by atoms with E-state index in [-0.39, 0.29) is 11.1 Å². The van der Waals surface area contributed by atoms with Crippen molar-refractivity contribution in [3.05, 3.63) is 35.4 Å². The lowest BCUT2D eigenvalue weighted by atomic mass is 10.1. The predicted molar refractivity (Wildman–Crippen MR) is 56.0 cm³/mol. The standard InChI is InChI=1S/C11H11F2NO3/c1-6(11(16)17)14-10(15)8-4-2-3-7(5-8)9(12)13/h2-6,9H,1H3,(H,14,15)(H,16,17)/t6-/m0/s1. The number of nitrogens with one attached hydrogen (secondary N) is 1. The number of carboxylic acids is 1. The maximum Gasteiger partial charge on any atom is 0.325 e. The summed E-state index contributed by atoms with van der Waals surface area (Å²) in [6.45, 7) is 1.29. The van der Waals surface area contributed by atoms with Crippen molar-refractivity contribution in [2.45, 2.75) is 19.4 Å². The fourth-order valence-electron chi connectivity index (χ4n) is 1.16. The minimum absolute atomic E-state index is 0.0101. The first-order valence-corrected chi connectivity index (χ1v) is 4.83. The van der Waals surface area contributed by atoms with Gasteiger partial charge in [-0.05, 0) is 19.1 Å². The van der Waals surface area contributed by atoms with Crippen molar-refractivity contribution in [2.75, 3.05) is 0 Å². The van der Waals surface area contributed by atoms with Gasteiger partial charge in [0.1, 0.15) is 6.04 Å². The number of halogens is 2. The largest absolute Gasteiger partial charge is 0.480 e. The van der Waals surface area contributed by atoms with Gasteiger partial charge in [0.05, 0.1) is 0 Å². The highest BCUT2D eigenvalue weighted by Crippen LogP contribution is 2.19. The Morgan fingerprint density at radius 1 is 1.35 bits per heavy atom. The zero-order valence-corrected chi connectivity index (χ0v) is 8.98. The number of hydrogen-bond acceptors (Lipinski definition) is 2. The van der Waals surface area contributed by atoms with Crippen molar-refractivity contribution in [2.24, 2.45) is 0 Å². The van der Waals surface area contributed by atoms with Crippen molar-refractivity contribution in [1.82, 2.24) is 5.32 Å². The second-order valence-electron chi connectivity index (χ2n) is 3.46. The second kappa shape index (κ2) is 5.38. The Hall–Kier alpha value is -1.98. The lowest BCUT2D eigenvalue weighted by Crippen LogP contribution is -2.38. The van der Waals surface area contributed by atoms with Gasteiger partial charge >= 0.3 is 5.97 Å². The molecular formula is C11H11F2NO3. The molecule has 1 aromatic carbocycles. The molecule has 0 saturated heterocycles. The quantitative estimate of drug-likeness (QED) is 0.847. The van der Waals surface area contributed by atoms with Crippen LogP contribution in [0.15, 0.2) is 24.3 Å². The van der Waals surface area contributed by atoms with Gasteiger partial charge < -0.3 is 10.4 Å². The number of benzene rings is 1. The lowest BCUT2D eigenvalue weighted by Gasteiger charge is -2.09. The summed E-state index contributed by atoms with van der Waals surface area (Å²) in [6, 6.07) is 3.83. The lowest BCUT2D eigenvalue weighted by molar-refractivity contribution is -0.138. The minimum atomic E-state index is -2.67. The Kier molecular flexibility index (Phi) is 4.14. The third-order valence-corrected chi connectivity index (χ3v) is 2.12. The number of aliphatic carboxylic acids is 1. The van der Waals surface area contributed by atoms with E-state index in [4.69, 9.17) is 5.11 Å². The van der Waals surface area contributed by atoms with Crippen LogP contribution in [0, 0.1) is 0 Å². The van der Waals surface area contributed by atoms with E-state index in [0.717, 1.165) is 6.07 Å². The molecule has 17 heavy (non-hydrogen) atoms. The first kappa shape index (κ1) is 13.1. The number of rotatable bonds is 4. The van der Waals surface area contributed by atoms with E-state index in [1.807, 2.05) is 0 Å². The molecule has 4 nitrogen and oxygen atoms in total. The molecule has 1 aromatic rings. The van der Waals surface area contributed by atoms with Gasteiger partial charge in [0.25, 0.3) is 12.3 Å². The third kappa shape index (κ3) is 3.51. The summed E-state index contributed by atoms with van der Waals surface area (Å²) >= 11 is 0. The van der Waals surface area contributed by atoms with Crippen molar-refractivity contribution in [3.8, 4) is 0 Å². The zero-order chi connectivity index (χ0) is 13.0. The Morgan fingerprint density at radius 2 is 2.00 bits per heavy atom. The molecule has 0 radical (unpaired) electrons. The Balaban J connectivity index is 2.82. The van der Waals surface area contributed by atoms with Crippen LogP contribution in [0.2, 0.25) is 0 Å². The number of hydrogen-bond donors (Lipinski definition) is 2. The summed E-state index contributed by atoms with van der Waals surface area (Å²) in [6.07, 6.45) is -2.67. The van der Waals surface area contributed by atoms with Crippen LogP contribution in [-0.4, -0.2) is 23.0 Å². The molecule has 1 amide bonds. The number of amides is 1. The highest BCUT2D eigenvalue weighted by Gasteiger charge is 2.16. The smallest absolute Gasteiger partial charge is 0.325 e. The van der Waals surface area contributed by atoms with Gasteiger partial charge in [-0.3, -0.25) is 9.59 Å². The van der Waals surface area contributed by atoms with E-state index < -0.39 is 24.3 Å². The number of alkyl halides is 2. The van der Waals surface area contributed by atoms with E-state index in [2.05, 4.69) is 5.32 Å². The van der Waals surface area contributed by atoms with Crippen LogP contribution >= 0.6 is 0 Å². The molecule has 0 aliphatic rings. The molecule has 0 unspecified atom stereocenters. The van der Waals surface area contributed by atoms with Gasteiger partial charge in [0, 0.05) is 11.1 Å². The van der Waals surface area contributed by atoms with E-state index in [9.17, 15) is 18.4 Å². The monoisotopic (exact) mass is 243 g/mol. The maximum absolute atomic E-state index is 12.4. The van der Waals surface area contributed by atoms with Crippen LogP contribution in [0.3, 0.4) is 0 Å². The summed E-state index contributed by atoms with van der Waals surface area (Å²) in [5.74, 6) is -1.88. The van der Waals surface area contributed by atoms with Crippen molar-refractivity contribution >= 4 is 11.9 Å². The predicted octanol–water partition coefficient (Wildman–Crippen LogP) is 1.83.